The molecular formula is C20H21ClN2O. The molecule has 0 aliphatic rings. The number of benzene rings is 2. The second-order valence-electron chi connectivity index (χ2n) is 6.37. The average Bonchev–Trinajstić information content (AvgIpc) is 2.85. The Labute approximate surface area is 147 Å². The molecule has 1 N–H and O–H groups in total. The molecule has 124 valence electrons. The van der Waals surface area contributed by atoms with E-state index in [-0.39, 0.29) is 11.9 Å². The van der Waals surface area contributed by atoms with E-state index in [2.05, 4.69) is 17.4 Å². The summed E-state index contributed by atoms with van der Waals surface area (Å²) in [7, 11) is 1.89. The second-order valence-corrected chi connectivity index (χ2v) is 6.78. The summed E-state index contributed by atoms with van der Waals surface area (Å²) in [6.07, 6.45) is 0. The lowest BCUT2D eigenvalue weighted by Gasteiger charge is -2.15. The minimum Gasteiger partial charge on any atom is -0.344 e. The lowest BCUT2D eigenvalue weighted by Crippen LogP contribution is -2.28. The minimum absolute atomic E-state index is 0.0617. The van der Waals surface area contributed by atoms with Gasteiger partial charge in [0.2, 0.25) is 0 Å². The molecule has 1 amide bonds. The number of amides is 1. The molecule has 3 rings (SSSR count). The van der Waals surface area contributed by atoms with Crippen LogP contribution in [0.15, 0.2) is 42.5 Å². The third-order valence-electron chi connectivity index (χ3n) is 4.41. The predicted molar refractivity (Wildman–Crippen MR) is 99.7 cm³/mol. The van der Waals surface area contributed by atoms with Gasteiger partial charge in [-0.15, -0.1) is 0 Å². The highest BCUT2D eigenvalue weighted by Gasteiger charge is 2.17. The highest BCUT2D eigenvalue weighted by molar-refractivity contribution is 6.35. The van der Waals surface area contributed by atoms with Crippen molar-refractivity contribution >= 4 is 28.4 Å². The van der Waals surface area contributed by atoms with Gasteiger partial charge in [-0.25, -0.2) is 0 Å². The number of carbonyl (C=O) groups is 1. The Morgan fingerprint density at radius 1 is 1.08 bits per heavy atom. The van der Waals surface area contributed by atoms with E-state index in [4.69, 9.17) is 11.6 Å². The summed E-state index contributed by atoms with van der Waals surface area (Å²) in [6, 6.07) is 13.9. The number of aryl methyl sites for hydroxylation is 3. The van der Waals surface area contributed by atoms with Crippen LogP contribution in [0.1, 0.15) is 40.1 Å². The molecule has 0 aliphatic heterocycles. The van der Waals surface area contributed by atoms with E-state index >= 15 is 0 Å². The average molecular weight is 341 g/mol. The van der Waals surface area contributed by atoms with Crippen molar-refractivity contribution in [1.29, 1.82) is 0 Å². The van der Waals surface area contributed by atoms with Crippen molar-refractivity contribution in [1.82, 2.24) is 9.88 Å². The Kier molecular flexibility index (Phi) is 4.37. The molecule has 0 saturated heterocycles. The van der Waals surface area contributed by atoms with Gasteiger partial charge in [0, 0.05) is 12.4 Å². The van der Waals surface area contributed by atoms with Crippen LogP contribution in [0.25, 0.3) is 10.9 Å². The highest BCUT2D eigenvalue weighted by atomic mass is 35.5. The molecule has 0 saturated carbocycles. The molecule has 1 aromatic heterocycles. The Balaban J connectivity index is 1.90. The number of nitrogens with zero attached hydrogens (tertiary/aromatic N) is 1. The van der Waals surface area contributed by atoms with Crippen LogP contribution in [0.2, 0.25) is 5.02 Å². The van der Waals surface area contributed by atoms with Crippen LogP contribution in [-0.4, -0.2) is 10.5 Å². The second kappa shape index (κ2) is 6.33. The summed E-state index contributed by atoms with van der Waals surface area (Å²) in [5, 5.41) is 4.64. The van der Waals surface area contributed by atoms with Crippen LogP contribution in [-0.2, 0) is 7.05 Å². The Bertz CT molecular complexity index is 910. The topological polar surface area (TPSA) is 34.0 Å². The van der Waals surface area contributed by atoms with Crippen molar-refractivity contribution in [3.63, 3.8) is 0 Å². The maximum atomic E-state index is 12.7. The van der Waals surface area contributed by atoms with Crippen molar-refractivity contribution in [3.8, 4) is 0 Å². The largest absolute Gasteiger partial charge is 0.344 e. The summed E-state index contributed by atoms with van der Waals surface area (Å²) in [5.74, 6) is -0.101. The molecule has 4 heteroatoms. The number of hydrogen-bond acceptors (Lipinski definition) is 1. The van der Waals surface area contributed by atoms with Crippen molar-refractivity contribution in [2.24, 2.45) is 7.05 Å². The minimum atomic E-state index is -0.101. The molecule has 0 aliphatic carbocycles. The first-order valence-electron chi connectivity index (χ1n) is 8.00. The number of fused-ring (bicyclic) bond motifs is 1. The van der Waals surface area contributed by atoms with Crippen LogP contribution >= 0.6 is 11.6 Å². The van der Waals surface area contributed by atoms with Crippen LogP contribution < -0.4 is 5.32 Å². The third kappa shape index (κ3) is 3.04. The molecule has 0 fully saturated rings. The van der Waals surface area contributed by atoms with Gasteiger partial charge >= 0.3 is 0 Å². The third-order valence-corrected chi connectivity index (χ3v) is 4.73. The zero-order valence-corrected chi connectivity index (χ0v) is 15.1. The molecule has 0 spiro atoms. The molecule has 3 aromatic rings. The van der Waals surface area contributed by atoms with E-state index in [0.29, 0.717) is 10.7 Å². The van der Waals surface area contributed by atoms with Gasteiger partial charge < -0.3 is 9.88 Å². The van der Waals surface area contributed by atoms with Gasteiger partial charge in [-0.3, -0.25) is 4.79 Å². The summed E-state index contributed by atoms with van der Waals surface area (Å²) >= 11 is 6.32. The number of nitrogens with one attached hydrogen (secondary N) is 1. The molecule has 1 atom stereocenters. The summed E-state index contributed by atoms with van der Waals surface area (Å²) in [4.78, 5) is 12.7. The summed E-state index contributed by atoms with van der Waals surface area (Å²) in [6.45, 7) is 6.04. The number of carbonyl (C=O) groups excluding carboxylic acids is 1. The maximum absolute atomic E-state index is 12.7. The zero-order valence-electron chi connectivity index (χ0n) is 14.4. The van der Waals surface area contributed by atoms with Gasteiger partial charge in [0.15, 0.2) is 0 Å². The lowest BCUT2D eigenvalue weighted by molar-refractivity contribution is 0.0932. The van der Waals surface area contributed by atoms with E-state index in [1.165, 1.54) is 5.56 Å². The quantitative estimate of drug-likeness (QED) is 0.720. The molecule has 0 radical (unpaired) electrons. The molecular weight excluding hydrogens is 320 g/mol. The molecule has 24 heavy (non-hydrogen) atoms. The fraction of sp³-hybridized carbons (Fsp3) is 0.250. The normalized spacial score (nSPS) is 12.4. The first kappa shape index (κ1) is 16.6. The van der Waals surface area contributed by atoms with E-state index in [0.717, 1.165) is 22.0 Å². The molecule has 0 bridgehead atoms. The first-order chi connectivity index (χ1) is 11.4. The van der Waals surface area contributed by atoms with Gasteiger partial charge in [-0.2, -0.15) is 0 Å². The standard InChI is InChI=1S/C20H21ClN2O/c1-12-5-7-15(8-6-12)14(3)22-20(24)19-11-16-17(21)9-13(2)10-18(16)23(19)4/h5-11,14H,1-4H3,(H,22,24)/t14-/m1/s1. The highest BCUT2D eigenvalue weighted by Crippen LogP contribution is 2.28. The molecule has 0 unspecified atom stereocenters. The van der Waals surface area contributed by atoms with Crippen LogP contribution in [0.5, 0.6) is 0 Å². The maximum Gasteiger partial charge on any atom is 0.268 e. The van der Waals surface area contributed by atoms with Crippen molar-refractivity contribution in [2.75, 3.05) is 0 Å². The van der Waals surface area contributed by atoms with Crippen LogP contribution in [0.4, 0.5) is 0 Å². The lowest BCUT2D eigenvalue weighted by atomic mass is 10.1. The summed E-state index contributed by atoms with van der Waals surface area (Å²) < 4.78 is 1.89. The number of aromatic nitrogens is 1. The predicted octanol–water partition coefficient (Wildman–Crippen LogP) is 4.94. The number of hydrogen-bond donors (Lipinski definition) is 1. The van der Waals surface area contributed by atoms with Crippen molar-refractivity contribution in [2.45, 2.75) is 26.8 Å². The Morgan fingerprint density at radius 3 is 2.42 bits per heavy atom. The van der Waals surface area contributed by atoms with Gasteiger partial charge in [0.05, 0.1) is 16.6 Å². The molecule has 3 nitrogen and oxygen atoms in total. The van der Waals surface area contributed by atoms with E-state index in [1.54, 1.807) is 0 Å². The monoisotopic (exact) mass is 340 g/mol. The molecule has 1 heterocycles. The van der Waals surface area contributed by atoms with Crippen LogP contribution in [0, 0.1) is 13.8 Å². The van der Waals surface area contributed by atoms with Gasteiger partial charge in [-0.05, 0) is 50.1 Å². The SMILES string of the molecule is Cc1ccc([C@@H](C)NC(=O)c2cc3c(Cl)cc(C)cc3n2C)cc1. The fourth-order valence-electron chi connectivity index (χ4n) is 2.95. The van der Waals surface area contributed by atoms with E-state index in [1.807, 2.05) is 62.7 Å². The Hall–Kier alpha value is -2.26. The van der Waals surface area contributed by atoms with Crippen LogP contribution in [0.3, 0.4) is 0 Å². The summed E-state index contributed by atoms with van der Waals surface area (Å²) in [5.41, 5.74) is 4.94. The first-order valence-corrected chi connectivity index (χ1v) is 8.37. The zero-order chi connectivity index (χ0) is 17.4. The smallest absolute Gasteiger partial charge is 0.268 e. The van der Waals surface area contributed by atoms with Crippen molar-refractivity contribution in [3.05, 3.63) is 69.9 Å². The number of halogens is 1. The fourth-order valence-corrected chi connectivity index (χ4v) is 3.27. The van der Waals surface area contributed by atoms with E-state index in [9.17, 15) is 4.79 Å². The number of rotatable bonds is 3. The van der Waals surface area contributed by atoms with Gasteiger partial charge in [0.25, 0.3) is 5.91 Å². The van der Waals surface area contributed by atoms with Gasteiger partial charge in [-0.1, -0.05) is 41.4 Å². The van der Waals surface area contributed by atoms with Gasteiger partial charge in [0.1, 0.15) is 5.69 Å². The Morgan fingerprint density at radius 2 is 1.75 bits per heavy atom. The van der Waals surface area contributed by atoms with Crippen molar-refractivity contribution < 1.29 is 4.79 Å². The van der Waals surface area contributed by atoms with E-state index < -0.39 is 0 Å². The molecule has 2 aromatic carbocycles.